The first-order valence-corrected chi connectivity index (χ1v) is 9.52. The number of carbonyl (C=O) groups excluding carboxylic acids is 1. The van der Waals surface area contributed by atoms with Crippen LogP contribution in [0, 0.1) is 0 Å². The molecule has 4 aromatic rings. The SMILES string of the molecule is CN(C(=O)CCn1nc(-c2ccccc2)c2ccccc2c1=O)c1ccccc1. The topological polar surface area (TPSA) is 55.2 Å². The van der Waals surface area contributed by atoms with Crippen molar-refractivity contribution in [2.45, 2.75) is 13.0 Å². The number of para-hydroxylation sites is 1. The van der Waals surface area contributed by atoms with E-state index in [0.29, 0.717) is 5.39 Å². The minimum absolute atomic E-state index is 0.0701. The zero-order valence-electron chi connectivity index (χ0n) is 16.2. The van der Waals surface area contributed by atoms with Crippen LogP contribution in [-0.2, 0) is 11.3 Å². The summed E-state index contributed by atoms with van der Waals surface area (Å²) < 4.78 is 1.40. The van der Waals surface area contributed by atoms with E-state index in [1.807, 2.05) is 78.9 Å². The van der Waals surface area contributed by atoms with Gasteiger partial charge in [-0.2, -0.15) is 5.10 Å². The van der Waals surface area contributed by atoms with Crippen LogP contribution >= 0.6 is 0 Å². The average Bonchev–Trinajstić information content (AvgIpc) is 2.79. The van der Waals surface area contributed by atoms with Crippen LogP contribution in [0.5, 0.6) is 0 Å². The van der Waals surface area contributed by atoms with E-state index >= 15 is 0 Å². The van der Waals surface area contributed by atoms with Crippen molar-refractivity contribution in [3.63, 3.8) is 0 Å². The van der Waals surface area contributed by atoms with Crippen molar-refractivity contribution in [3.05, 3.63) is 95.3 Å². The Balaban J connectivity index is 1.67. The van der Waals surface area contributed by atoms with Crippen molar-refractivity contribution in [1.82, 2.24) is 9.78 Å². The van der Waals surface area contributed by atoms with E-state index in [0.717, 1.165) is 22.3 Å². The van der Waals surface area contributed by atoms with E-state index < -0.39 is 0 Å². The maximum atomic E-state index is 12.9. The molecule has 0 bridgehead atoms. The second kappa shape index (κ2) is 8.10. The molecule has 0 radical (unpaired) electrons. The summed E-state index contributed by atoms with van der Waals surface area (Å²) in [4.78, 5) is 27.2. The lowest BCUT2D eigenvalue weighted by Crippen LogP contribution is -2.30. The van der Waals surface area contributed by atoms with Gasteiger partial charge in [0.05, 0.1) is 17.6 Å². The number of hydrogen-bond donors (Lipinski definition) is 0. The largest absolute Gasteiger partial charge is 0.315 e. The Kier molecular flexibility index (Phi) is 5.20. The highest BCUT2D eigenvalue weighted by molar-refractivity contribution is 5.94. The Hall–Kier alpha value is -3.73. The number of amides is 1. The Morgan fingerprint density at radius 2 is 1.45 bits per heavy atom. The number of anilines is 1. The summed E-state index contributed by atoms with van der Waals surface area (Å²) in [6.07, 6.45) is 0.185. The van der Waals surface area contributed by atoms with Crippen molar-refractivity contribution < 1.29 is 4.79 Å². The monoisotopic (exact) mass is 383 g/mol. The molecule has 0 saturated carbocycles. The minimum atomic E-state index is -0.185. The summed E-state index contributed by atoms with van der Waals surface area (Å²) >= 11 is 0. The zero-order chi connectivity index (χ0) is 20.2. The van der Waals surface area contributed by atoms with Crippen LogP contribution in [0.2, 0.25) is 0 Å². The lowest BCUT2D eigenvalue weighted by Gasteiger charge is -2.17. The second-order valence-corrected chi connectivity index (χ2v) is 6.83. The molecule has 0 unspecified atom stereocenters. The van der Waals surface area contributed by atoms with E-state index in [2.05, 4.69) is 5.10 Å². The molecule has 5 nitrogen and oxygen atoms in total. The quantitative estimate of drug-likeness (QED) is 0.521. The molecule has 0 aliphatic carbocycles. The maximum Gasteiger partial charge on any atom is 0.274 e. The first-order chi connectivity index (χ1) is 14.1. The first-order valence-electron chi connectivity index (χ1n) is 9.52. The molecule has 0 N–H and O–H groups in total. The minimum Gasteiger partial charge on any atom is -0.315 e. The normalized spacial score (nSPS) is 10.8. The van der Waals surface area contributed by atoms with Crippen LogP contribution in [0.15, 0.2) is 89.7 Å². The van der Waals surface area contributed by atoms with Gasteiger partial charge in [-0.15, -0.1) is 0 Å². The van der Waals surface area contributed by atoms with Crippen LogP contribution in [0.4, 0.5) is 5.69 Å². The summed E-state index contributed by atoms with van der Waals surface area (Å²) in [7, 11) is 1.74. The maximum absolute atomic E-state index is 12.9. The molecule has 4 rings (SSSR count). The summed E-state index contributed by atoms with van der Waals surface area (Å²) in [5.41, 5.74) is 2.31. The number of benzene rings is 3. The Labute approximate surface area is 168 Å². The second-order valence-electron chi connectivity index (χ2n) is 6.83. The fourth-order valence-electron chi connectivity index (χ4n) is 3.36. The van der Waals surface area contributed by atoms with Gasteiger partial charge in [0.15, 0.2) is 0 Å². The molecule has 0 fully saturated rings. The van der Waals surface area contributed by atoms with Crippen LogP contribution in [0.3, 0.4) is 0 Å². The van der Waals surface area contributed by atoms with E-state index in [1.165, 1.54) is 4.68 Å². The van der Waals surface area contributed by atoms with Crippen LogP contribution < -0.4 is 10.5 Å². The smallest absolute Gasteiger partial charge is 0.274 e. The van der Waals surface area contributed by atoms with Gasteiger partial charge in [0.2, 0.25) is 5.91 Å². The van der Waals surface area contributed by atoms with E-state index in [1.54, 1.807) is 18.0 Å². The predicted octanol–water partition coefficient (Wildman–Crippen LogP) is 4.12. The van der Waals surface area contributed by atoms with Gasteiger partial charge in [-0.1, -0.05) is 66.7 Å². The number of carbonyl (C=O) groups is 1. The first kappa shape index (κ1) is 18.6. The molecule has 1 aromatic heterocycles. The lowest BCUT2D eigenvalue weighted by atomic mass is 10.1. The summed E-state index contributed by atoms with van der Waals surface area (Å²) in [5, 5.41) is 6.02. The standard InChI is InChI=1S/C24H21N3O2/c1-26(19-12-6-3-7-13-19)22(28)16-17-27-24(29)21-15-9-8-14-20(21)23(25-27)18-10-4-2-5-11-18/h2-15H,16-17H2,1H3. The number of aryl methyl sites for hydroxylation is 1. The third-order valence-corrected chi connectivity index (χ3v) is 4.97. The highest BCUT2D eigenvalue weighted by Gasteiger charge is 2.15. The molecule has 0 spiro atoms. The van der Waals surface area contributed by atoms with Crippen molar-refractivity contribution in [2.24, 2.45) is 0 Å². The van der Waals surface area contributed by atoms with E-state index in [4.69, 9.17) is 0 Å². The Bertz CT molecular complexity index is 1200. The van der Waals surface area contributed by atoms with Crippen LogP contribution in [0.25, 0.3) is 22.0 Å². The van der Waals surface area contributed by atoms with Gasteiger partial charge in [-0.3, -0.25) is 9.59 Å². The molecule has 1 heterocycles. The highest BCUT2D eigenvalue weighted by atomic mass is 16.2. The lowest BCUT2D eigenvalue weighted by molar-refractivity contribution is -0.118. The summed E-state index contributed by atoms with van der Waals surface area (Å²) in [6, 6.07) is 26.7. The fourth-order valence-corrected chi connectivity index (χ4v) is 3.36. The molecule has 0 aliphatic rings. The molecule has 0 saturated heterocycles. The van der Waals surface area contributed by atoms with Gasteiger partial charge in [-0.05, 0) is 18.2 Å². The molecule has 5 heteroatoms. The Morgan fingerprint density at radius 3 is 2.14 bits per heavy atom. The van der Waals surface area contributed by atoms with Crippen molar-refractivity contribution in [2.75, 3.05) is 11.9 Å². The molecule has 0 atom stereocenters. The van der Waals surface area contributed by atoms with Gasteiger partial charge in [-0.25, -0.2) is 4.68 Å². The van der Waals surface area contributed by atoms with E-state index in [9.17, 15) is 9.59 Å². The number of hydrogen-bond acceptors (Lipinski definition) is 3. The number of rotatable bonds is 5. The fraction of sp³-hybridized carbons (Fsp3) is 0.125. The molecule has 0 aliphatic heterocycles. The molecular weight excluding hydrogens is 362 g/mol. The third-order valence-electron chi connectivity index (χ3n) is 4.97. The number of nitrogens with zero attached hydrogens (tertiary/aromatic N) is 3. The van der Waals surface area contributed by atoms with E-state index in [-0.39, 0.29) is 24.4 Å². The van der Waals surface area contributed by atoms with Crippen LogP contribution in [-0.4, -0.2) is 22.7 Å². The highest BCUT2D eigenvalue weighted by Crippen LogP contribution is 2.24. The number of fused-ring (bicyclic) bond motifs is 1. The van der Waals surface area contributed by atoms with Crippen molar-refractivity contribution in [1.29, 1.82) is 0 Å². The molecule has 144 valence electrons. The van der Waals surface area contributed by atoms with Gasteiger partial charge < -0.3 is 4.90 Å². The molecule has 3 aromatic carbocycles. The number of aromatic nitrogens is 2. The van der Waals surface area contributed by atoms with Gasteiger partial charge >= 0.3 is 0 Å². The molecule has 1 amide bonds. The van der Waals surface area contributed by atoms with Crippen LogP contribution in [0.1, 0.15) is 6.42 Å². The summed E-state index contributed by atoms with van der Waals surface area (Å²) in [5.74, 6) is -0.0701. The molecular formula is C24H21N3O2. The van der Waals surface area contributed by atoms with Gasteiger partial charge in [0.1, 0.15) is 0 Å². The van der Waals surface area contributed by atoms with Crippen molar-refractivity contribution in [3.8, 4) is 11.3 Å². The zero-order valence-corrected chi connectivity index (χ0v) is 16.2. The van der Waals surface area contributed by atoms with Gasteiger partial charge in [0, 0.05) is 30.1 Å². The average molecular weight is 383 g/mol. The Morgan fingerprint density at radius 1 is 0.862 bits per heavy atom. The summed E-state index contributed by atoms with van der Waals surface area (Å²) in [6.45, 7) is 0.222. The van der Waals surface area contributed by atoms with Gasteiger partial charge in [0.25, 0.3) is 5.56 Å². The van der Waals surface area contributed by atoms with Crippen molar-refractivity contribution >= 4 is 22.4 Å². The molecule has 29 heavy (non-hydrogen) atoms. The predicted molar refractivity (Wildman–Crippen MR) is 116 cm³/mol. The third kappa shape index (κ3) is 3.80.